The van der Waals surface area contributed by atoms with E-state index in [-0.39, 0.29) is 5.82 Å². The summed E-state index contributed by atoms with van der Waals surface area (Å²) in [5, 5.41) is 0.913. The van der Waals surface area contributed by atoms with E-state index in [1.165, 1.54) is 6.07 Å². The van der Waals surface area contributed by atoms with E-state index in [9.17, 15) is 12.8 Å². The highest BCUT2D eigenvalue weighted by Crippen LogP contribution is 2.53. The summed E-state index contributed by atoms with van der Waals surface area (Å²) >= 11 is 0. The molecule has 3 aromatic rings. The van der Waals surface area contributed by atoms with Gasteiger partial charge in [0.15, 0.2) is 0 Å². The Bertz CT molecular complexity index is 1090. The molecule has 1 heterocycles. The van der Waals surface area contributed by atoms with E-state index in [4.69, 9.17) is 0 Å². The third-order valence-electron chi connectivity index (χ3n) is 5.40. The minimum atomic E-state index is -3.39. The van der Waals surface area contributed by atoms with Crippen molar-refractivity contribution in [3.63, 3.8) is 0 Å². The molecule has 0 amide bonds. The maximum atomic E-state index is 14.7. The lowest BCUT2D eigenvalue weighted by Crippen LogP contribution is -2.27. The summed E-state index contributed by atoms with van der Waals surface area (Å²) in [4.78, 5) is 3.21. The van der Waals surface area contributed by atoms with E-state index in [0.717, 1.165) is 35.6 Å². The smallest absolute Gasteiger partial charge is 0.229 e. The van der Waals surface area contributed by atoms with Gasteiger partial charge in [-0.15, -0.1) is 0 Å². The lowest BCUT2D eigenvalue weighted by atomic mass is 9.72. The Hall–Kier alpha value is -2.34. The summed E-state index contributed by atoms with van der Waals surface area (Å²) < 4.78 is 40.5. The van der Waals surface area contributed by atoms with Gasteiger partial charge < -0.3 is 4.98 Å². The SMILES string of the molecule is C[C@](c1ccccc1F)(c1c[nH]c2c(NS(C)(=O)=O)cccc12)C1CC1. The third kappa shape index (κ3) is 2.78. The zero-order valence-electron chi connectivity index (χ0n) is 14.7. The zero-order valence-corrected chi connectivity index (χ0v) is 15.5. The molecule has 0 saturated heterocycles. The molecule has 2 N–H and O–H groups in total. The van der Waals surface area contributed by atoms with Gasteiger partial charge in [0.25, 0.3) is 0 Å². The molecule has 4 nitrogen and oxygen atoms in total. The standard InChI is InChI=1S/C20H21FN2O2S/c1-20(13-10-11-13,15-7-3-4-8-17(15)21)16-12-22-19-14(16)6-5-9-18(19)23-26(2,24)25/h3-9,12-13,22-23H,10-11H2,1-2H3/t20-/m0/s1. The third-order valence-corrected chi connectivity index (χ3v) is 5.99. The van der Waals surface area contributed by atoms with E-state index >= 15 is 0 Å². The largest absolute Gasteiger partial charge is 0.359 e. The van der Waals surface area contributed by atoms with Crippen LogP contribution in [0.2, 0.25) is 0 Å². The number of rotatable bonds is 5. The number of sulfonamides is 1. The van der Waals surface area contributed by atoms with Gasteiger partial charge in [-0.1, -0.05) is 37.3 Å². The van der Waals surface area contributed by atoms with Gasteiger partial charge in [-0.25, -0.2) is 12.8 Å². The first-order valence-electron chi connectivity index (χ1n) is 8.64. The lowest BCUT2D eigenvalue weighted by molar-refractivity contribution is 0.465. The molecule has 1 saturated carbocycles. The van der Waals surface area contributed by atoms with Crippen molar-refractivity contribution in [3.05, 3.63) is 65.6 Å². The van der Waals surface area contributed by atoms with Crippen molar-refractivity contribution in [2.45, 2.75) is 25.2 Å². The van der Waals surface area contributed by atoms with E-state index in [1.54, 1.807) is 12.1 Å². The van der Waals surface area contributed by atoms with Crippen LogP contribution in [0.25, 0.3) is 10.9 Å². The molecule has 0 unspecified atom stereocenters. The highest BCUT2D eigenvalue weighted by molar-refractivity contribution is 7.92. The first-order chi connectivity index (χ1) is 12.3. The van der Waals surface area contributed by atoms with Gasteiger partial charge in [-0.05, 0) is 42.0 Å². The quantitative estimate of drug-likeness (QED) is 0.697. The molecule has 1 aromatic heterocycles. The maximum absolute atomic E-state index is 14.7. The van der Waals surface area contributed by atoms with Crippen molar-refractivity contribution in [3.8, 4) is 0 Å². The van der Waals surface area contributed by atoms with Crippen LogP contribution >= 0.6 is 0 Å². The average molecular weight is 372 g/mol. The van der Waals surface area contributed by atoms with Crippen molar-refractivity contribution in [2.75, 3.05) is 11.0 Å². The summed E-state index contributed by atoms with van der Waals surface area (Å²) in [6.45, 7) is 2.09. The number of aromatic nitrogens is 1. The van der Waals surface area contributed by atoms with Crippen molar-refractivity contribution in [2.24, 2.45) is 5.92 Å². The fourth-order valence-corrected chi connectivity index (χ4v) is 4.57. The molecule has 1 fully saturated rings. The number of nitrogens with one attached hydrogen (secondary N) is 2. The van der Waals surface area contributed by atoms with Crippen LogP contribution in [0.15, 0.2) is 48.7 Å². The molecule has 0 bridgehead atoms. The molecule has 1 aliphatic rings. The Labute approximate surface area is 152 Å². The second-order valence-corrected chi connectivity index (χ2v) is 9.01. The Morgan fingerprint density at radius 3 is 2.50 bits per heavy atom. The van der Waals surface area contributed by atoms with Gasteiger partial charge in [0.05, 0.1) is 17.5 Å². The first-order valence-corrected chi connectivity index (χ1v) is 10.5. The lowest BCUT2D eigenvalue weighted by Gasteiger charge is -2.31. The van der Waals surface area contributed by atoms with Crippen LogP contribution < -0.4 is 4.72 Å². The molecular formula is C20H21FN2O2S. The number of hydrogen-bond acceptors (Lipinski definition) is 2. The summed E-state index contributed by atoms with van der Waals surface area (Å²) in [6.07, 6.45) is 5.13. The zero-order chi connectivity index (χ0) is 18.5. The predicted octanol–water partition coefficient (Wildman–Crippen LogP) is 4.39. The molecule has 4 rings (SSSR count). The van der Waals surface area contributed by atoms with Gasteiger partial charge in [0.1, 0.15) is 5.82 Å². The molecule has 6 heteroatoms. The molecule has 1 atom stereocenters. The normalized spacial score (nSPS) is 17.2. The van der Waals surface area contributed by atoms with Crippen LogP contribution in [0.4, 0.5) is 10.1 Å². The molecule has 2 aromatic carbocycles. The second kappa shape index (κ2) is 5.84. The fourth-order valence-electron chi connectivity index (χ4n) is 4.00. The molecule has 136 valence electrons. The highest BCUT2D eigenvalue weighted by Gasteiger charge is 2.46. The van der Waals surface area contributed by atoms with E-state index in [1.807, 2.05) is 30.5 Å². The van der Waals surface area contributed by atoms with Crippen LogP contribution in [-0.2, 0) is 15.4 Å². The average Bonchev–Trinajstić information content (AvgIpc) is 3.33. The number of halogens is 1. The van der Waals surface area contributed by atoms with Crippen LogP contribution in [0, 0.1) is 11.7 Å². The Balaban J connectivity index is 1.93. The molecule has 26 heavy (non-hydrogen) atoms. The van der Waals surface area contributed by atoms with Crippen molar-refractivity contribution in [1.82, 2.24) is 4.98 Å². The van der Waals surface area contributed by atoms with E-state index in [0.29, 0.717) is 17.2 Å². The summed E-state index contributed by atoms with van der Waals surface area (Å²) in [6, 6.07) is 12.4. The van der Waals surface area contributed by atoms with Gasteiger partial charge in [0.2, 0.25) is 10.0 Å². The number of hydrogen-bond donors (Lipinski definition) is 2. The topological polar surface area (TPSA) is 62.0 Å². The number of anilines is 1. The minimum absolute atomic E-state index is 0.207. The van der Waals surface area contributed by atoms with E-state index < -0.39 is 15.4 Å². The molecular weight excluding hydrogens is 351 g/mol. The molecule has 0 spiro atoms. The second-order valence-electron chi connectivity index (χ2n) is 7.26. The number of H-pyrrole nitrogens is 1. The van der Waals surface area contributed by atoms with Crippen LogP contribution in [0.5, 0.6) is 0 Å². The molecule has 0 aliphatic heterocycles. The fraction of sp³-hybridized carbons (Fsp3) is 0.300. The van der Waals surface area contributed by atoms with Crippen LogP contribution in [0.1, 0.15) is 30.9 Å². The number of fused-ring (bicyclic) bond motifs is 1. The summed E-state index contributed by atoms with van der Waals surface area (Å²) in [5.41, 5.74) is 2.44. The van der Waals surface area contributed by atoms with Gasteiger partial charge in [-0.3, -0.25) is 4.72 Å². The van der Waals surface area contributed by atoms with E-state index in [2.05, 4.69) is 16.6 Å². The van der Waals surface area contributed by atoms with Gasteiger partial charge >= 0.3 is 0 Å². The Kier molecular flexibility index (Phi) is 3.84. The molecule has 1 aliphatic carbocycles. The predicted molar refractivity (Wildman–Crippen MR) is 102 cm³/mol. The monoisotopic (exact) mass is 372 g/mol. The maximum Gasteiger partial charge on any atom is 0.229 e. The first kappa shape index (κ1) is 17.1. The number of aromatic amines is 1. The van der Waals surface area contributed by atoms with Gasteiger partial charge in [0, 0.05) is 17.0 Å². The van der Waals surface area contributed by atoms with Crippen molar-refractivity contribution < 1.29 is 12.8 Å². The minimum Gasteiger partial charge on any atom is -0.359 e. The molecule has 0 radical (unpaired) electrons. The highest BCUT2D eigenvalue weighted by atomic mass is 32.2. The van der Waals surface area contributed by atoms with Crippen LogP contribution in [0.3, 0.4) is 0 Å². The van der Waals surface area contributed by atoms with Gasteiger partial charge in [-0.2, -0.15) is 0 Å². The summed E-state index contributed by atoms with van der Waals surface area (Å²) in [5.74, 6) is 0.159. The Morgan fingerprint density at radius 1 is 1.12 bits per heavy atom. The number of para-hydroxylation sites is 1. The van der Waals surface area contributed by atoms with Crippen molar-refractivity contribution >= 4 is 26.6 Å². The van der Waals surface area contributed by atoms with Crippen LogP contribution in [-0.4, -0.2) is 19.7 Å². The Morgan fingerprint density at radius 2 is 1.85 bits per heavy atom. The summed E-state index contributed by atoms with van der Waals surface area (Å²) in [7, 11) is -3.39. The van der Waals surface area contributed by atoms with Crippen molar-refractivity contribution in [1.29, 1.82) is 0 Å². The number of benzene rings is 2.